The van der Waals surface area contributed by atoms with Gasteiger partial charge in [-0.1, -0.05) is 0 Å². The van der Waals surface area contributed by atoms with Gasteiger partial charge in [-0.05, 0) is 31.9 Å². The molecule has 0 aliphatic carbocycles. The summed E-state index contributed by atoms with van der Waals surface area (Å²) in [4.78, 5) is 12.4. The lowest BCUT2D eigenvalue weighted by Gasteiger charge is -2.30. The number of carbonyl (C=O) groups is 1. The van der Waals surface area contributed by atoms with E-state index in [0.717, 1.165) is 0 Å². The molecule has 0 radical (unpaired) electrons. The van der Waals surface area contributed by atoms with Gasteiger partial charge in [0.05, 0.1) is 24.2 Å². The first-order valence-electron chi connectivity index (χ1n) is 7.59. The fourth-order valence-electron chi connectivity index (χ4n) is 2.58. The van der Waals surface area contributed by atoms with Gasteiger partial charge in [0.15, 0.2) is 0 Å². The van der Waals surface area contributed by atoms with E-state index in [1.54, 1.807) is 32.2 Å². The van der Waals surface area contributed by atoms with Gasteiger partial charge in [-0.2, -0.15) is 0 Å². The Kier molecular flexibility index (Phi) is 5.48. The number of methoxy groups -OCH3 is 1. The van der Waals surface area contributed by atoms with Gasteiger partial charge in [-0.25, -0.2) is 12.7 Å². The highest BCUT2D eigenvalue weighted by Crippen LogP contribution is 2.27. The quantitative estimate of drug-likeness (QED) is 0.786. The van der Waals surface area contributed by atoms with Crippen molar-refractivity contribution in [1.82, 2.24) is 4.31 Å². The third-order valence-corrected chi connectivity index (χ3v) is 5.98. The molecule has 0 aromatic heterocycles. The van der Waals surface area contributed by atoms with Gasteiger partial charge in [-0.15, -0.1) is 0 Å². The van der Waals surface area contributed by atoms with Crippen LogP contribution in [0.5, 0.6) is 5.75 Å². The number of nitrogens with one attached hydrogen (secondary N) is 1. The molecule has 7 nitrogen and oxygen atoms in total. The van der Waals surface area contributed by atoms with Crippen LogP contribution in [0.2, 0.25) is 0 Å². The summed E-state index contributed by atoms with van der Waals surface area (Å²) >= 11 is 0. The maximum absolute atomic E-state index is 12.4. The minimum absolute atomic E-state index is 0.0875. The average molecular weight is 341 g/mol. The van der Waals surface area contributed by atoms with Crippen LogP contribution in [0.3, 0.4) is 0 Å². The summed E-state index contributed by atoms with van der Waals surface area (Å²) in [5, 5.41) is 2.81. The molecule has 1 saturated heterocycles. The number of nitrogens with zero attached hydrogens (tertiary/aromatic N) is 1. The smallest absolute Gasteiger partial charge is 0.227 e. The molecule has 128 valence electrons. The van der Waals surface area contributed by atoms with Crippen molar-refractivity contribution in [2.24, 2.45) is 5.92 Å². The molecule has 1 heterocycles. The zero-order valence-electron chi connectivity index (χ0n) is 13.4. The van der Waals surface area contributed by atoms with E-state index in [1.807, 2.05) is 0 Å². The average Bonchev–Trinajstić information content (AvgIpc) is 2.57. The zero-order chi connectivity index (χ0) is 17.0. The summed E-state index contributed by atoms with van der Waals surface area (Å²) in [5.74, 6) is 0.338. The van der Waals surface area contributed by atoms with Crippen molar-refractivity contribution < 1.29 is 17.9 Å². The number of amides is 1. The van der Waals surface area contributed by atoms with Crippen molar-refractivity contribution >= 4 is 27.3 Å². The zero-order valence-corrected chi connectivity index (χ0v) is 14.2. The Bertz CT molecular complexity index is 667. The number of anilines is 2. The van der Waals surface area contributed by atoms with Crippen LogP contribution in [-0.2, 0) is 14.8 Å². The van der Waals surface area contributed by atoms with E-state index in [-0.39, 0.29) is 17.6 Å². The highest BCUT2D eigenvalue weighted by atomic mass is 32.2. The highest BCUT2D eigenvalue weighted by Gasteiger charge is 2.30. The number of piperidine rings is 1. The Hall–Kier alpha value is -1.80. The van der Waals surface area contributed by atoms with Crippen molar-refractivity contribution in [1.29, 1.82) is 0 Å². The highest BCUT2D eigenvalue weighted by molar-refractivity contribution is 7.89. The van der Waals surface area contributed by atoms with Gasteiger partial charge in [0.25, 0.3) is 0 Å². The fourth-order valence-corrected chi connectivity index (χ4v) is 3.72. The molecule has 0 atom stereocenters. The molecule has 8 heteroatoms. The number of hydrogen-bond donors (Lipinski definition) is 2. The Morgan fingerprint density at radius 1 is 1.39 bits per heavy atom. The van der Waals surface area contributed by atoms with E-state index in [2.05, 4.69) is 5.32 Å². The minimum Gasteiger partial charge on any atom is -0.497 e. The number of sulfonamides is 1. The Morgan fingerprint density at radius 2 is 2.04 bits per heavy atom. The van der Waals surface area contributed by atoms with Crippen LogP contribution in [-0.4, -0.2) is 44.6 Å². The maximum Gasteiger partial charge on any atom is 0.227 e. The number of nitrogens with two attached hydrogens (primary N) is 1. The lowest BCUT2D eigenvalue weighted by atomic mass is 9.97. The summed E-state index contributed by atoms with van der Waals surface area (Å²) in [5.41, 5.74) is 6.84. The first-order valence-corrected chi connectivity index (χ1v) is 9.20. The summed E-state index contributed by atoms with van der Waals surface area (Å²) in [7, 11) is -1.64. The number of rotatable bonds is 5. The van der Waals surface area contributed by atoms with Gasteiger partial charge >= 0.3 is 0 Å². The molecule has 1 aromatic carbocycles. The summed E-state index contributed by atoms with van der Waals surface area (Å²) in [6, 6.07) is 5.06. The van der Waals surface area contributed by atoms with Crippen LogP contribution in [0.4, 0.5) is 11.4 Å². The Labute approximate surface area is 136 Å². The lowest BCUT2D eigenvalue weighted by Crippen LogP contribution is -2.42. The summed E-state index contributed by atoms with van der Waals surface area (Å²) in [6.07, 6.45) is 1.02. The second-order valence-corrected chi connectivity index (χ2v) is 7.77. The van der Waals surface area contributed by atoms with Crippen LogP contribution in [0.15, 0.2) is 18.2 Å². The van der Waals surface area contributed by atoms with Crippen molar-refractivity contribution in [2.45, 2.75) is 19.8 Å². The molecule has 1 amide bonds. The third-order valence-electron chi connectivity index (χ3n) is 4.10. The molecule has 3 N–H and O–H groups in total. The van der Waals surface area contributed by atoms with E-state index in [0.29, 0.717) is 43.1 Å². The number of nitrogen functional groups attached to an aromatic ring is 1. The molecule has 0 spiro atoms. The first-order chi connectivity index (χ1) is 10.9. The van der Waals surface area contributed by atoms with Crippen LogP contribution in [0, 0.1) is 5.92 Å². The van der Waals surface area contributed by atoms with Crippen molar-refractivity contribution in [2.75, 3.05) is 37.0 Å². The van der Waals surface area contributed by atoms with Gasteiger partial charge in [0.1, 0.15) is 5.75 Å². The second-order valence-electron chi connectivity index (χ2n) is 5.52. The molecule has 0 unspecified atom stereocenters. The van der Waals surface area contributed by atoms with Crippen molar-refractivity contribution in [3.8, 4) is 5.75 Å². The predicted molar refractivity (Wildman–Crippen MR) is 89.8 cm³/mol. The number of benzene rings is 1. The van der Waals surface area contributed by atoms with E-state index in [1.165, 1.54) is 4.31 Å². The van der Waals surface area contributed by atoms with Gasteiger partial charge in [0.2, 0.25) is 15.9 Å². The van der Waals surface area contributed by atoms with Crippen LogP contribution >= 0.6 is 0 Å². The van der Waals surface area contributed by atoms with E-state index in [9.17, 15) is 13.2 Å². The molecule has 1 aliphatic rings. The second kappa shape index (κ2) is 7.18. The summed E-state index contributed by atoms with van der Waals surface area (Å²) < 4.78 is 30.2. The van der Waals surface area contributed by atoms with Crippen LogP contribution < -0.4 is 15.8 Å². The molecule has 2 rings (SSSR count). The molecule has 0 saturated carbocycles. The number of ether oxygens (including phenoxy) is 1. The monoisotopic (exact) mass is 341 g/mol. The lowest BCUT2D eigenvalue weighted by molar-refractivity contribution is -0.120. The van der Waals surface area contributed by atoms with Gasteiger partial charge in [0, 0.05) is 25.1 Å². The molecular weight excluding hydrogens is 318 g/mol. The molecular formula is C15H23N3O4S. The minimum atomic E-state index is -3.18. The number of hydrogen-bond acceptors (Lipinski definition) is 5. The van der Waals surface area contributed by atoms with E-state index >= 15 is 0 Å². The van der Waals surface area contributed by atoms with Crippen molar-refractivity contribution in [3.63, 3.8) is 0 Å². The molecule has 1 fully saturated rings. The third kappa shape index (κ3) is 4.14. The van der Waals surface area contributed by atoms with Gasteiger partial charge in [-0.3, -0.25) is 4.79 Å². The molecule has 0 bridgehead atoms. The van der Waals surface area contributed by atoms with E-state index in [4.69, 9.17) is 10.5 Å². The largest absolute Gasteiger partial charge is 0.497 e. The maximum atomic E-state index is 12.4. The SMILES string of the molecule is CCS(=O)(=O)N1CCC(C(=O)Nc2cc(OC)ccc2N)CC1. The number of carbonyl (C=O) groups excluding carboxylic acids is 1. The molecule has 23 heavy (non-hydrogen) atoms. The standard InChI is InChI=1S/C15H23N3O4S/c1-3-23(20,21)18-8-6-11(7-9-18)15(19)17-14-10-12(22-2)4-5-13(14)16/h4-5,10-11H,3,6-9,16H2,1-2H3,(H,17,19). The van der Waals surface area contributed by atoms with Crippen LogP contribution in [0.1, 0.15) is 19.8 Å². The Morgan fingerprint density at radius 3 is 2.61 bits per heavy atom. The molecule has 1 aliphatic heterocycles. The van der Waals surface area contributed by atoms with Gasteiger partial charge < -0.3 is 15.8 Å². The first kappa shape index (κ1) is 17.6. The fraction of sp³-hybridized carbons (Fsp3) is 0.533. The predicted octanol–water partition coefficient (Wildman–Crippen LogP) is 1.28. The van der Waals surface area contributed by atoms with Crippen LogP contribution in [0.25, 0.3) is 0 Å². The Balaban J connectivity index is 1.98. The molecule has 1 aromatic rings. The topological polar surface area (TPSA) is 102 Å². The van der Waals surface area contributed by atoms with Crippen molar-refractivity contribution in [3.05, 3.63) is 18.2 Å². The van der Waals surface area contributed by atoms with E-state index < -0.39 is 10.0 Å². The normalized spacial score (nSPS) is 17.0. The summed E-state index contributed by atoms with van der Waals surface area (Å²) in [6.45, 7) is 2.38.